The van der Waals surface area contributed by atoms with E-state index >= 15 is 0 Å². The van der Waals surface area contributed by atoms with Gasteiger partial charge in [0.1, 0.15) is 11.5 Å². The van der Waals surface area contributed by atoms with Gasteiger partial charge in [0.05, 0.1) is 40.7 Å². The highest BCUT2D eigenvalue weighted by atomic mass is 35.5. The number of nitro benzene ring substituents is 1. The Morgan fingerprint density at radius 2 is 1.50 bits per heavy atom. The molecule has 1 heterocycles. The Morgan fingerprint density at radius 1 is 0.929 bits per heavy atom. The van der Waals surface area contributed by atoms with Crippen LogP contribution < -0.4 is 10.9 Å². The maximum absolute atomic E-state index is 12.4. The highest BCUT2D eigenvalue weighted by Crippen LogP contribution is 2.45. The van der Waals surface area contributed by atoms with Gasteiger partial charge in [0.15, 0.2) is 0 Å². The fourth-order valence-electron chi connectivity index (χ4n) is 2.28. The Kier molecular flexibility index (Phi) is 6.05. The van der Waals surface area contributed by atoms with E-state index in [2.05, 4.69) is 10.4 Å². The Balaban J connectivity index is 2.09. The summed E-state index contributed by atoms with van der Waals surface area (Å²) in [4.78, 5) is 22.8. The molecule has 0 aliphatic heterocycles. The third-order valence-electron chi connectivity index (χ3n) is 3.56. The van der Waals surface area contributed by atoms with E-state index in [0.29, 0.717) is 0 Å². The summed E-state index contributed by atoms with van der Waals surface area (Å²) >= 11 is 36.4. The molecule has 2 aromatic carbocycles. The van der Waals surface area contributed by atoms with Crippen LogP contribution in [0.5, 0.6) is 0 Å². The topological polar surface area (TPSA) is 93.0 Å². The first kappa shape index (κ1) is 21.1. The van der Waals surface area contributed by atoms with Gasteiger partial charge in [0.25, 0.3) is 11.2 Å². The van der Waals surface area contributed by atoms with Crippen molar-refractivity contribution in [1.82, 2.24) is 9.78 Å². The first-order chi connectivity index (χ1) is 13.1. The van der Waals surface area contributed by atoms with Crippen molar-refractivity contribution in [2.45, 2.75) is 0 Å². The van der Waals surface area contributed by atoms with Crippen LogP contribution in [-0.4, -0.2) is 14.7 Å². The Hall–Kier alpha value is -1.61. The van der Waals surface area contributed by atoms with Gasteiger partial charge in [-0.25, -0.2) is 4.68 Å². The quantitative estimate of drug-likeness (QED) is 0.179. The van der Waals surface area contributed by atoms with Crippen molar-refractivity contribution < 1.29 is 4.92 Å². The van der Waals surface area contributed by atoms with E-state index in [1.807, 2.05) is 0 Å². The molecule has 0 saturated carbocycles. The van der Waals surface area contributed by atoms with Crippen molar-refractivity contribution in [3.05, 3.63) is 74.9 Å². The molecule has 0 spiro atoms. The van der Waals surface area contributed by atoms with E-state index in [4.69, 9.17) is 69.6 Å². The number of aromatic amines is 1. The number of non-ortho nitro benzene ring substituents is 1. The predicted molar refractivity (Wildman–Crippen MR) is 113 cm³/mol. The summed E-state index contributed by atoms with van der Waals surface area (Å²) < 4.78 is 0.992. The van der Waals surface area contributed by atoms with E-state index in [1.54, 1.807) is 0 Å². The average Bonchev–Trinajstić information content (AvgIpc) is 3.00. The van der Waals surface area contributed by atoms with Crippen LogP contribution in [0.15, 0.2) is 29.1 Å². The van der Waals surface area contributed by atoms with Crippen molar-refractivity contribution in [2.24, 2.45) is 0 Å². The van der Waals surface area contributed by atoms with Gasteiger partial charge >= 0.3 is 0 Å². The van der Waals surface area contributed by atoms with Crippen LogP contribution in [0.1, 0.15) is 0 Å². The van der Waals surface area contributed by atoms with Gasteiger partial charge in [-0.2, -0.15) is 0 Å². The number of rotatable bonds is 4. The van der Waals surface area contributed by atoms with Crippen LogP contribution in [0.2, 0.25) is 30.1 Å². The SMILES string of the molecule is O=c1cc(Nc2cc([N+](=O)[O-])ccc2Cl)[nH]n1-c1c(Cl)c(Cl)c(Cl)c(Cl)c1Cl. The summed E-state index contributed by atoms with van der Waals surface area (Å²) in [5.74, 6) is 0.154. The van der Waals surface area contributed by atoms with Gasteiger partial charge < -0.3 is 5.32 Å². The number of aromatic nitrogens is 2. The minimum atomic E-state index is -0.577. The van der Waals surface area contributed by atoms with Crippen molar-refractivity contribution in [3.8, 4) is 5.69 Å². The fraction of sp³-hybridized carbons (Fsp3) is 0. The standard InChI is InChI=1S/C15H6Cl6N4O3/c16-6-2-1-5(25(27)28)3-7(6)22-8-4-9(26)24(23-8)15-13(20)11(18)10(17)12(19)14(15)21/h1-4,22-23H. The van der Waals surface area contributed by atoms with Crippen molar-refractivity contribution in [1.29, 1.82) is 0 Å². The number of hydrogen-bond acceptors (Lipinski definition) is 4. The molecule has 3 aromatic rings. The minimum Gasteiger partial charge on any atom is -0.339 e. The summed E-state index contributed by atoms with van der Waals surface area (Å²) in [6.07, 6.45) is 0. The Labute approximate surface area is 186 Å². The minimum absolute atomic E-state index is 0.00841. The molecule has 0 aliphatic rings. The molecule has 3 rings (SSSR count). The normalized spacial score (nSPS) is 10.9. The molecule has 146 valence electrons. The molecular weight excluding hydrogens is 497 g/mol. The molecule has 0 unspecified atom stereocenters. The first-order valence-corrected chi connectivity index (χ1v) is 9.43. The van der Waals surface area contributed by atoms with Gasteiger partial charge in [-0.15, -0.1) is 0 Å². The number of hydrogen-bond donors (Lipinski definition) is 2. The third-order valence-corrected chi connectivity index (χ3v) is 6.15. The lowest BCUT2D eigenvalue weighted by Gasteiger charge is -2.12. The summed E-state index contributed by atoms with van der Waals surface area (Å²) in [6, 6.07) is 4.98. The van der Waals surface area contributed by atoms with Crippen LogP contribution in [0.3, 0.4) is 0 Å². The maximum Gasteiger partial charge on any atom is 0.273 e. The van der Waals surface area contributed by atoms with Gasteiger partial charge in [0.2, 0.25) is 0 Å². The molecule has 1 aromatic heterocycles. The van der Waals surface area contributed by atoms with Crippen LogP contribution >= 0.6 is 69.6 Å². The molecule has 0 amide bonds. The summed E-state index contributed by atoms with van der Waals surface area (Å²) in [5.41, 5.74) is -0.558. The largest absolute Gasteiger partial charge is 0.339 e. The number of nitro groups is 1. The van der Waals surface area contributed by atoms with Gasteiger partial charge in [0, 0.05) is 18.2 Å². The number of halogens is 6. The molecular formula is C15H6Cl6N4O3. The predicted octanol–water partition coefficient (Wildman–Crippen LogP) is 6.74. The van der Waals surface area contributed by atoms with Crippen molar-refractivity contribution in [2.75, 3.05) is 5.32 Å². The monoisotopic (exact) mass is 500 g/mol. The van der Waals surface area contributed by atoms with Gasteiger partial charge in [-0.05, 0) is 6.07 Å². The molecule has 0 fully saturated rings. The zero-order valence-electron chi connectivity index (χ0n) is 13.2. The maximum atomic E-state index is 12.4. The second-order valence-corrected chi connectivity index (χ2v) is 7.61. The Morgan fingerprint density at radius 3 is 2.07 bits per heavy atom. The summed E-state index contributed by atoms with van der Waals surface area (Å²) in [6.45, 7) is 0. The summed E-state index contributed by atoms with van der Waals surface area (Å²) in [5, 5.41) is 16.2. The molecule has 2 N–H and O–H groups in total. The molecule has 0 radical (unpaired) electrons. The number of anilines is 2. The summed E-state index contributed by atoms with van der Waals surface area (Å²) in [7, 11) is 0. The van der Waals surface area contributed by atoms with E-state index in [1.165, 1.54) is 18.2 Å². The first-order valence-electron chi connectivity index (χ1n) is 7.16. The van der Waals surface area contributed by atoms with Gasteiger partial charge in [-0.1, -0.05) is 69.6 Å². The molecule has 0 aliphatic carbocycles. The van der Waals surface area contributed by atoms with Crippen LogP contribution in [0.25, 0.3) is 5.69 Å². The van der Waals surface area contributed by atoms with Crippen molar-refractivity contribution in [3.63, 3.8) is 0 Å². The lowest BCUT2D eigenvalue weighted by atomic mass is 10.3. The zero-order chi connectivity index (χ0) is 20.7. The van der Waals surface area contributed by atoms with Crippen LogP contribution in [0, 0.1) is 10.1 Å². The molecule has 7 nitrogen and oxygen atoms in total. The molecule has 0 bridgehead atoms. The number of nitrogens with zero attached hydrogens (tertiary/aromatic N) is 2. The Bertz CT molecular complexity index is 1140. The zero-order valence-corrected chi connectivity index (χ0v) is 17.7. The number of nitrogens with one attached hydrogen (secondary N) is 2. The van der Waals surface area contributed by atoms with E-state index in [9.17, 15) is 14.9 Å². The third kappa shape index (κ3) is 3.78. The number of benzene rings is 2. The molecule has 0 atom stereocenters. The number of H-pyrrole nitrogens is 1. The lowest BCUT2D eigenvalue weighted by molar-refractivity contribution is -0.384. The highest BCUT2D eigenvalue weighted by Gasteiger charge is 2.22. The second kappa shape index (κ2) is 8.02. The van der Waals surface area contributed by atoms with E-state index in [-0.39, 0.29) is 53.0 Å². The van der Waals surface area contributed by atoms with E-state index < -0.39 is 10.5 Å². The van der Waals surface area contributed by atoms with Crippen LogP contribution in [0.4, 0.5) is 17.2 Å². The fourth-order valence-corrected chi connectivity index (χ4v) is 3.75. The molecule has 28 heavy (non-hydrogen) atoms. The smallest absolute Gasteiger partial charge is 0.273 e. The molecule has 13 heteroatoms. The molecule has 0 saturated heterocycles. The highest BCUT2D eigenvalue weighted by molar-refractivity contribution is 6.56. The second-order valence-electron chi connectivity index (χ2n) is 5.31. The van der Waals surface area contributed by atoms with Gasteiger partial charge in [-0.3, -0.25) is 20.0 Å². The van der Waals surface area contributed by atoms with Crippen molar-refractivity contribution >= 4 is 86.8 Å². The lowest BCUT2D eigenvalue weighted by Crippen LogP contribution is -2.15. The van der Waals surface area contributed by atoms with Crippen LogP contribution in [-0.2, 0) is 0 Å². The van der Waals surface area contributed by atoms with E-state index in [0.717, 1.165) is 10.7 Å². The average molecular weight is 503 g/mol.